The highest BCUT2D eigenvalue weighted by Crippen LogP contribution is 2.33. The summed E-state index contributed by atoms with van der Waals surface area (Å²) in [5.74, 6) is -0.615. The molecule has 5 rings (SSSR count). The summed E-state index contributed by atoms with van der Waals surface area (Å²) in [6.07, 6.45) is 0.611. The number of sulfonamides is 1. The van der Waals surface area contributed by atoms with Crippen LogP contribution in [-0.2, 0) is 23.0 Å². The molecule has 0 saturated carbocycles. The Bertz CT molecular complexity index is 1480. The standard InChI is InChI=1S/C24H20FN3O3S/c25-20-7-3-1-6-18(20)15-28-21-8-4-2-5-17(21)13-23(28)24(29)27-12-11-16-9-10-19(14-22(16)27)32(26,30)31/h1-10,13-14H,11-12,15H2,(H2,26,30,31). The minimum atomic E-state index is -3.90. The van der Waals surface area contributed by atoms with E-state index in [2.05, 4.69) is 0 Å². The molecule has 8 heteroatoms. The highest BCUT2D eigenvalue weighted by molar-refractivity contribution is 7.89. The fourth-order valence-electron chi connectivity index (χ4n) is 4.24. The number of fused-ring (bicyclic) bond motifs is 2. The average molecular weight is 450 g/mol. The summed E-state index contributed by atoms with van der Waals surface area (Å²) in [6.45, 7) is 0.614. The quantitative estimate of drug-likeness (QED) is 0.516. The van der Waals surface area contributed by atoms with Crippen LogP contribution in [0.3, 0.4) is 0 Å². The lowest BCUT2D eigenvalue weighted by Gasteiger charge is -2.20. The summed E-state index contributed by atoms with van der Waals surface area (Å²) >= 11 is 0. The fourth-order valence-corrected chi connectivity index (χ4v) is 4.77. The molecule has 2 N–H and O–H groups in total. The Morgan fingerprint density at radius 1 is 1.00 bits per heavy atom. The van der Waals surface area contributed by atoms with Crippen LogP contribution >= 0.6 is 0 Å². The first-order chi connectivity index (χ1) is 15.3. The van der Waals surface area contributed by atoms with Crippen molar-refractivity contribution in [2.45, 2.75) is 17.9 Å². The number of anilines is 1. The third-order valence-corrected chi connectivity index (χ3v) is 6.75. The summed E-state index contributed by atoms with van der Waals surface area (Å²) in [7, 11) is -3.90. The predicted molar refractivity (Wildman–Crippen MR) is 121 cm³/mol. The van der Waals surface area contributed by atoms with E-state index in [0.29, 0.717) is 29.9 Å². The van der Waals surface area contributed by atoms with Crippen molar-refractivity contribution in [3.8, 4) is 0 Å². The van der Waals surface area contributed by atoms with Crippen molar-refractivity contribution in [2.75, 3.05) is 11.4 Å². The Morgan fingerprint density at radius 3 is 2.53 bits per heavy atom. The van der Waals surface area contributed by atoms with Gasteiger partial charge in [-0.1, -0.05) is 42.5 Å². The van der Waals surface area contributed by atoms with Crippen molar-refractivity contribution in [1.82, 2.24) is 4.57 Å². The Hall–Kier alpha value is -3.49. The van der Waals surface area contributed by atoms with Crippen molar-refractivity contribution in [3.63, 3.8) is 0 Å². The van der Waals surface area contributed by atoms with E-state index in [1.54, 1.807) is 39.8 Å². The first-order valence-electron chi connectivity index (χ1n) is 10.1. The van der Waals surface area contributed by atoms with E-state index >= 15 is 0 Å². The lowest BCUT2D eigenvalue weighted by molar-refractivity contribution is 0.0981. The normalized spacial score (nSPS) is 13.5. The van der Waals surface area contributed by atoms with Crippen LogP contribution < -0.4 is 10.0 Å². The van der Waals surface area contributed by atoms with Crippen molar-refractivity contribution >= 4 is 32.5 Å². The Balaban J connectivity index is 1.61. The summed E-state index contributed by atoms with van der Waals surface area (Å²) < 4.78 is 39.8. The molecule has 0 radical (unpaired) electrons. The first kappa shape index (κ1) is 20.4. The number of hydrogen-bond donors (Lipinski definition) is 1. The molecule has 2 heterocycles. The number of benzene rings is 3. The molecular formula is C24H20FN3O3S. The maximum absolute atomic E-state index is 14.4. The number of carbonyl (C=O) groups is 1. The van der Waals surface area contributed by atoms with Crippen LogP contribution in [0, 0.1) is 5.82 Å². The molecule has 0 fully saturated rings. The average Bonchev–Trinajstić information content (AvgIpc) is 3.36. The summed E-state index contributed by atoms with van der Waals surface area (Å²) in [5.41, 5.74) is 3.10. The van der Waals surface area contributed by atoms with E-state index in [4.69, 9.17) is 5.14 Å². The lowest BCUT2D eigenvalue weighted by atomic mass is 10.2. The Labute approximate surface area is 184 Å². The topological polar surface area (TPSA) is 85.4 Å². The van der Waals surface area contributed by atoms with E-state index < -0.39 is 10.0 Å². The van der Waals surface area contributed by atoms with E-state index in [1.165, 1.54) is 18.2 Å². The summed E-state index contributed by atoms with van der Waals surface area (Å²) in [5, 5.41) is 6.15. The van der Waals surface area contributed by atoms with Gasteiger partial charge in [0.1, 0.15) is 11.5 Å². The highest BCUT2D eigenvalue weighted by atomic mass is 32.2. The number of para-hydroxylation sites is 1. The molecule has 4 aromatic rings. The predicted octanol–water partition coefficient (Wildman–Crippen LogP) is 3.68. The zero-order chi connectivity index (χ0) is 22.5. The molecule has 1 aliphatic rings. The van der Waals surface area contributed by atoms with Crippen LogP contribution in [0.2, 0.25) is 0 Å². The molecule has 6 nitrogen and oxygen atoms in total. The Morgan fingerprint density at radius 2 is 1.75 bits per heavy atom. The number of aromatic nitrogens is 1. The fraction of sp³-hybridized carbons (Fsp3) is 0.125. The maximum Gasteiger partial charge on any atom is 0.274 e. The Kier molecular flexibility index (Phi) is 4.83. The minimum absolute atomic E-state index is 0.0390. The molecule has 32 heavy (non-hydrogen) atoms. The van der Waals surface area contributed by atoms with Crippen LogP contribution in [0.15, 0.2) is 77.7 Å². The molecule has 1 aliphatic heterocycles. The van der Waals surface area contributed by atoms with Gasteiger partial charge in [-0.15, -0.1) is 0 Å². The number of amides is 1. The second kappa shape index (κ2) is 7.58. The molecule has 0 unspecified atom stereocenters. The number of halogens is 1. The van der Waals surface area contributed by atoms with Crippen molar-refractivity contribution in [2.24, 2.45) is 5.14 Å². The molecule has 1 aromatic heterocycles. The van der Waals surface area contributed by atoms with Gasteiger partial charge in [0.15, 0.2) is 0 Å². The molecule has 1 amide bonds. The van der Waals surface area contributed by atoms with Gasteiger partial charge in [-0.25, -0.2) is 17.9 Å². The summed E-state index contributed by atoms with van der Waals surface area (Å²) in [4.78, 5) is 15.2. The molecule has 162 valence electrons. The van der Waals surface area contributed by atoms with Gasteiger partial charge in [0, 0.05) is 28.7 Å². The van der Waals surface area contributed by atoms with Gasteiger partial charge in [0.25, 0.3) is 5.91 Å². The molecule has 0 aliphatic carbocycles. The number of nitrogens with zero attached hydrogens (tertiary/aromatic N) is 2. The monoisotopic (exact) mass is 449 g/mol. The number of nitrogens with two attached hydrogens (primary N) is 1. The third-order valence-electron chi connectivity index (χ3n) is 5.84. The van der Waals surface area contributed by atoms with Gasteiger partial charge in [-0.2, -0.15) is 0 Å². The van der Waals surface area contributed by atoms with Crippen molar-refractivity contribution < 1.29 is 17.6 Å². The van der Waals surface area contributed by atoms with Crippen LogP contribution in [0.5, 0.6) is 0 Å². The maximum atomic E-state index is 14.4. The second-order valence-electron chi connectivity index (χ2n) is 7.81. The number of rotatable bonds is 4. The SMILES string of the molecule is NS(=O)(=O)c1ccc2c(c1)N(C(=O)c1cc3ccccc3n1Cc1ccccc1F)CC2. The van der Waals surface area contributed by atoms with E-state index in [9.17, 15) is 17.6 Å². The van der Waals surface area contributed by atoms with Gasteiger partial charge in [-0.05, 0) is 42.3 Å². The third kappa shape index (κ3) is 3.47. The lowest BCUT2D eigenvalue weighted by Crippen LogP contribution is -2.31. The summed E-state index contributed by atoms with van der Waals surface area (Å²) in [6, 6.07) is 20.4. The molecule has 0 saturated heterocycles. The van der Waals surface area contributed by atoms with Crippen molar-refractivity contribution in [3.05, 3.63) is 95.4 Å². The van der Waals surface area contributed by atoms with E-state index in [0.717, 1.165) is 16.5 Å². The van der Waals surface area contributed by atoms with Gasteiger partial charge >= 0.3 is 0 Å². The van der Waals surface area contributed by atoms with Crippen LogP contribution in [0.25, 0.3) is 10.9 Å². The van der Waals surface area contributed by atoms with E-state index in [-0.39, 0.29) is 23.2 Å². The molecule has 0 bridgehead atoms. The van der Waals surface area contributed by atoms with Gasteiger partial charge in [0.2, 0.25) is 10.0 Å². The number of carbonyl (C=O) groups excluding carboxylic acids is 1. The molecule has 3 aromatic carbocycles. The van der Waals surface area contributed by atoms with E-state index in [1.807, 2.05) is 24.3 Å². The minimum Gasteiger partial charge on any atom is -0.332 e. The number of primary sulfonamides is 1. The highest BCUT2D eigenvalue weighted by Gasteiger charge is 2.29. The molecular weight excluding hydrogens is 429 g/mol. The van der Waals surface area contributed by atoms with Gasteiger partial charge < -0.3 is 9.47 Å². The van der Waals surface area contributed by atoms with Gasteiger partial charge in [-0.3, -0.25) is 4.79 Å². The smallest absolute Gasteiger partial charge is 0.274 e. The van der Waals surface area contributed by atoms with Crippen LogP contribution in [-0.4, -0.2) is 25.4 Å². The largest absolute Gasteiger partial charge is 0.332 e. The zero-order valence-corrected chi connectivity index (χ0v) is 17.8. The first-order valence-corrected chi connectivity index (χ1v) is 11.7. The molecule has 0 atom stereocenters. The van der Waals surface area contributed by atoms with Crippen LogP contribution in [0.4, 0.5) is 10.1 Å². The van der Waals surface area contributed by atoms with Gasteiger partial charge in [0.05, 0.1) is 11.4 Å². The molecule has 0 spiro atoms. The number of hydrogen-bond acceptors (Lipinski definition) is 3. The zero-order valence-electron chi connectivity index (χ0n) is 17.0. The second-order valence-corrected chi connectivity index (χ2v) is 9.37. The van der Waals surface area contributed by atoms with Crippen LogP contribution in [0.1, 0.15) is 21.6 Å². The van der Waals surface area contributed by atoms with Crippen molar-refractivity contribution in [1.29, 1.82) is 0 Å².